The number of allylic oxidation sites excluding steroid dienone is 3. The second-order valence-electron chi connectivity index (χ2n) is 8.64. The van der Waals surface area contributed by atoms with E-state index in [9.17, 15) is 14.7 Å². The quantitative estimate of drug-likeness (QED) is 0.645. The number of hydrogen-bond acceptors (Lipinski definition) is 5. The predicted octanol–water partition coefficient (Wildman–Crippen LogP) is 5.10. The highest BCUT2D eigenvalue weighted by molar-refractivity contribution is 6.04. The lowest BCUT2D eigenvalue weighted by Crippen LogP contribution is -2.36. The Bertz CT molecular complexity index is 1080. The van der Waals surface area contributed by atoms with Crippen molar-refractivity contribution in [1.82, 2.24) is 5.32 Å². The lowest BCUT2D eigenvalue weighted by molar-refractivity contribution is -0.144. The molecule has 5 heteroatoms. The van der Waals surface area contributed by atoms with E-state index in [2.05, 4.69) is 17.4 Å². The van der Waals surface area contributed by atoms with Crippen LogP contribution in [0.5, 0.6) is 5.75 Å². The second-order valence-corrected chi connectivity index (χ2v) is 8.64. The smallest absolute Gasteiger partial charge is 0.337 e. The molecule has 1 heterocycles. The Morgan fingerprint density at radius 3 is 2.44 bits per heavy atom. The summed E-state index contributed by atoms with van der Waals surface area (Å²) >= 11 is 0. The summed E-state index contributed by atoms with van der Waals surface area (Å²) in [5, 5.41) is 13.2. The van der Waals surface area contributed by atoms with Crippen molar-refractivity contribution in [3.05, 3.63) is 88.3 Å². The molecule has 3 atom stereocenters. The van der Waals surface area contributed by atoms with Crippen LogP contribution in [-0.4, -0.2) is 23.0 Å². The highest BCUT2D eigenvalue weighted by Crippen LogP contribution is 2.45. The Morgan fingerprint density at radius 1 is 1.09 bits per heavy atom. The number of phenolic OH excluding ortho intramolecular Hbond substituents is 1. The first kappa shape index (κ1) is 21.9. The number of phenols is 1. The lowest BCUT2D eigenvalue weighted by atomic mass is 9.71. The highest BCUT2D eigenvalue weighted by Gasteiger charge is 2.41. The summed E-state index contributed by atoms with van der Waals surface area (Å²) in [4.78, 5) is 26.7. The van der Waals surface area contributed by atoms with Crippen LogP contribution in [0.2, 0.25) is 0 Å². The fourth-order valence-corrected chi connectivity index (χ4v) is 4.60. The number of ether oxygens (including phenoxy) is 1. The molecule has 0 amide bonds. The molecule has 166 valence electrons. The van der Waals surface area contributed by atoms with Crippen molar-refractivity contribution in [2.45, 2.75) is 58.0 Å². The van der Waals surface area contributed by atoms with E-state index in [0.717, 1.165) is 16.8 Å². The van der Waals surface area contributed by atoms with Gasteiger partial charge in [0, 0.05) is 29.3 Å². The largest absolute Gasteiger partial charge is 0.508 e. The van der Waals surface area contributed by atoms with Crippen molar-refractivity contribution in [1.29, 1.82) is 0 Å². The van der Waals surface area contributed by atoms with Gasteiger partial charge >= 0.3 is 5.97 Å². The van der Waals surface area contributed by atoms with E-state index in [1.54, 1.807) is 24.3 Å². The zero-order valence-electron chi connectivity index (χ0n) is 18.7. The number of hydrogen-bond donors (Lipinski definition) is 2. The number of aromatic hydroxyl groups is 1. The van der Waals surface area contributed by atoms with E-state index < -0.39 is 11.9 Å². The fourth-order valence-electron chi connectivity index (χ4n) is 4.60. The van der Waals surface area contributed by atoms with E-state index in [-0.39, 0.29) is 23.6 Å². The van der Waals surface area contributed by atoms with Gasteiger partial charge in [0.1, 0.15) is 5.75 Å². The summed E-state index contributed by atoms with van der Waals surface area (Å²) in [5.41, 5.74) is 4.59. The van der Waals surface area contributed by atoms with Crippen LogP contribution in [-0.2, 0) is 14.3 Å². The SMILES string of the molecule is CC[C@H](C)OC(=O)C1=C(C)NC2=C(C(=O)C[C@H](c3ccccc3)C2)[C@H]1c1ccc(O)cc1. The first-order chi connectivity index (χ1) is 15.4. The summed E-state index contributed by atoms with van der Waals surface area (Å²) in [6, 6.07) is 16.8. The van der Waals surface area contributed by atoms with Crippen LogP contribution in [0.15, 0.2) is 77.1 Å². The molecule has 0 saturated carbocycles. The van der Waals surface area contributed by atoms with Gasteiger partial charge in [0.05, 0.1) is 11.7 Å². The van der Waals surface area contributed by atoms with Crippen LogP contribution in [0, 0.1) is 0 Å². The van der Waals surface area contributed by atoms with Crippen molar-refractivity contribution in [2.75, 3.05) is 0 Å². The van der Waals surface area contributed by atoms with Crippen LogP contribution < -0.4 is 5.32 Å². The van der Waals surface area contributed by atoms with Crippen LogP contribution in [0.25, 0.3) is 0 Å². The summed E-state index contributed by atoms with van der Waals surface area (Å²) in [7, 11) is 0. The molecular weight excluding hydrogens is 402 g/mol. The Hall–Kier alpha value is -3.34. The molecule has 1 aliphatic carbocycles. The van der Waals surface area contributed by atoms with Gasteiger partial charge in [-0.05, 0) is 55.9 Å². The number of Topliss-reactive ketones (excluding diaryl/α,β-unsaturated/α-hetero) is 1. The standard InChI is InChI=1S/C27H29NO4/c1-4-16(2)32-27(31)24-17(3)28-22-14-20(18-8-6-5-7-9-18)15-23(30)26(22)25(24)19-10-12-21(29)13-11-19/h5-13,16,20,25,28-29H,4,14-15H2,1-3H3/t16-,20+,25-/m0/s1. The molecule has 0 fully saturated rings. The van der Waals surface area contributed by atoms with Crippen molar-refractivity contribution in [3.63, 3.8) is 0 Å². The van der Waals surface area contributed by atoms with Gasteiger partial charge in [-0.2, -0.15) is 0 Å². The third-order valence-corrected chi connectivity index (χ3v) is 6.43. The molecule has 0 spiro atoms. The van der Waals surface area contributed by atoms with E-state index >= 15 is 0 Å². The summed E-state index contributed by atoms with van der Waals surface area (Å²) in [6.45, 7) is 5.69. The van der Waals surface area contributed by atoms with Crippen LogP contribution in [0.1, 0.15) is 63.0 Å². The van der Waals surface area contributed by atoms with Crippen LogP contribution in [0.3, 0.4) is 0 Å². The van der Waals surface area contributed by atoms with Gasteiger partial charge in [-0.3, -0.25) is 4.79 Å². The maximum Gasteiger partial charge on any atom is 0.337 e. The molecule has 4 rings (SSSR count). The second kappa shape index (κ2) is 9.03. The Balaban J connectivity index is 1.78. The first-order valence-corrected chi connectivity index (χ1v) is 11.2. The molecule has 2 N–H and O–H groups in total. The average molecular weight is 432 g/mol. The molecule has 0 bridgehead atoms. The molecule has 0 radical (unpaired) electrons. The van der Waals surface area contributed by atoms with Crippen LogP contribution in [0.4, 0.5) is 0 Å². The van der Waals surface area contributed by atoms with Crippen molar-refractivity contribution in [3.8, 4) is 5.75 Å². The highest BCUT2D eigenvalue weighted by atomic mass is 16.5. The molecule has 0 saturated heterocycles. The Labute approximate surface area is 188 Å². The number of esters is 1. The minimum absolute atomic E-state index is 0.0343. The monoisotopic (exact) mass is 431 g/mol. The number of nitrogens with one attached hydrogen (secondary N) is 1. The minimum Gasteiger partial charge on any atom is -0.508 e. The molecule has 0 unspecified atom stereocenters. The minimum atomic E-state index is -0.521. The topological polar surface area (TPSA) is 75.6 Å². The zero-order chi connectivity index (χ0) is 22.8. The van der Waals surface area contributed by atoms with Crippen molar-refractivity contribution >= 4 is 11.8 Å². The Morgan fingerprint density at radius 2 is 1.78 bits per heavy atom. The average Bonchev–Trinajstić information content (AvgIpc) is 2.79. The van der Waals surface area contributed by atoms with Crippen LogP contribution >= 0.6 is 0 Å². The van der Waals surface area contributed by atoms with Crippen molar-refractivity contribution in [2.24, 2.45) is 0 Å². The number of carbonyl (C=O) groups excluding carboxylic acids is 2. The van der Waals surface area contributed by atoms with E-state index in [1.807, 2.05) is 39.0 Å². The summed E-state index contributed by atoms with van der Waals surface area (Å²) in [5.74, 6) is -0.663. The number of carbonyl (C=O) groups is 2. The Kier molecular flexibility index (Phi) is 6.17. The normalized spacial score (nSPS) is 21.7. The molecule has 2 aliphatic rings. The molecule has 32 heavy (non-hydrogen) atoms. The molecular formula is C27H29NO4. The zero-order valence-corrected chi connectivity index (χ0v) is 18.7. The summed E-state index contributed by atoms with van der Waals surface area (Å²) < 4.78 is 5.67. The van der Waals surface area contributed by atoms with Crippen molar-refractivity contribution < 1.29 is 19.4 Å². The maximum atomic E-state index is 13.5. The first-order valence-electron chi connectivity index (χ1n) is 11.2. The van der Waals surface area contributed by atoms with E-state index in [0.29, 0.717) is 36.1 Å². The number of dihydropyridines is 1. The number of benzene rings is 2. The van der Waals surface area contributed by atoms with Gasteiger partial charge in [-0.25, -0.2) is 4.79 Å². The predicted molar refractivity (Wildman–Crippen MR) is 123 cm³/mol. The van der Waals surface area contributed by atoms with Gasteiger partial charge in [0.2, 0.25) is 0 Å². The molecule has 2 aromatic rings. The molecule has 2 aromatic carbocycles. The van der Waals surface area contributed by atoms with Gasteiger partial charge < -0.3 is 15.2 Å². The summed E-state index contributed by atoms with van der Waals surface area (Å²) in [6.07, 6.45) is 1.58. The van der Waals surface area contributed by atoms with Gasteiger partial charge in [-0.15, -0.1) is 0 Å². The molecule has 0 aromatic heterocycles. The third kappa shape index (κ3) is 4.20. The third-order valence-electron chi connectivity index (χ3n) is 6.43. The van der Waals surface area contributed by atoms with E-state index in [1.165, 1.54) is 0 Å². The van der Waals surface area contributed by atoms with Gasteiger partial charge in [-0.1, -0.05) is 49.4 Å². The number of rotatable bonds is 5. The lowest BCUT2D eigenvalue weighted by Gasteiger charge is -2.37. The fraction of sp³-hybridized carbons (Fsp3) is 0.333. The molecule has 5 nitrogen and oxygen atoms in total. The maximum absolute atomic E-state index is 13.5. The van der Waals surface area contributed by atoms with Gasteiger partial charge in [0.25, 0.3) is 0 Å². The number of ketones is 1. The van der Waals surface area contributed by atoms with Gasteiger partial charge in [0.15, 0.2) is 5.78 Å². The molecule has 1 aliphatic heterocycles. The van der Waals surface area contributed by atoms with E-state index in [4.69, 9.17) is 4.74 Å².